The molecule has 25 heavy (non-hydrogen) atoms. The van der Waals surface area contributed by atoms with Crippen molar-refractivity contribution >= 4 is 11.5 Å². The van der Waals surface area contributed by atoms with Gasteiger partial charge in [-0.05, 0) is 13.0 Å². The number of piperazine rings is 1. The lowest BCUT2D eigenvalue weighted by Crippen LogP contribution is -2.46. The van der Waals surface area contributed by atoms with Gasteiger partial charge in [0.2, 0.25) is 0 Å². The molecule has 1 fully saturated rings. The van der Waals surface area contributed by atoms with Crippen molar-refractivity contribution in [2.75, 3.05) is 36.8 Å². The summed E-state index contributed by atoms with van der Waals surface area (Å²) < 4.78 is 1.66. The molecule has 0 bridgehead atoms. The second-order valence-corrected chi connectivity index (χ2v) is 5.99. The zero-order chi connectivity index (χ0) is 17.2. The van der Waals surface area contributed by atoms with Crippen LogP contribution in [0.5, 0.6) is 0 Å². The number of rotatable bonds is 4. The molecule has 0 aromatic carbocycles. The fraction of sp³-hybridized carbons (Fsp3) is 0.400. The number of aromatic amines is 1. The Labute approximate surface area is 144 Å². The van der Waals surface area contributed by atoms with E-state index in [0.717, 1.165) is 50.2 Å². The van der Waals surface area contributed by atoms with E-state index < -0.39 is 0 Å². The van der Waals surface area contributed by atoms with E-state index in [1.54, 1.807) is 10.9 Å². The molecule has 4 rings (SSSR count). The zero-order valence-corrected chi connectivity index (χ0v) is 14.0. The van der Waals surface area contributed by atoms with Crippen LogP contribution in [0.4, 0.5) is 11.5 Å². The molecular formula is C15H20N10. The first kappa shape index (κ1) is 15.5. The van der Waals surface area contributed by atoms with E-state index in [1.165, 1.54) is 6.33 Å². The summed E-state index contributed by atoms with van der Waals surface area (Å²) in [7, 11) is 0. The molecule has 0 radical (unpaired) electrons. The van der Waals surface area contributed by atoms with Crippen molar-refractivity contribution in [3.05, 3.63) is 36.4 Å². The molecule has 1 saturated heterocycles. The molecule has 3 N–H and O–H groups in total. The lowest BCUT2D eigenvalue weighted by Gasteiger charge is -2.35. The molecule has 0 atom stereocenters. The van der Waals surface area contributed by atoms with Crippen LogP contribution in [-0.4, -0.2) is 66.0 Å². The number of aromatic nitrogens is 7. The molecule has 10 heteroatoms. The van der Waals surface area contributed by atoms with E-state index in [1.807, 2.05) is 19.2 Å². The van der Waals surface area contributed by atoms with Crippen LogP contribution in [0.15, 0.2) is 24.8 Å². The summed E-state index contributed by atoms with van der Waals surface area (Å²) in [5.74, 6) is 3.03. The Morgan fingerprint density at radius 2 is 1.96 bits per heavy atom. The maximum atomic E-state index is 6.30. The molecule has 4 heterocycles. The van der Waals surface area contributed by atoms with Gasteiger partial charge in [0, 0.05) is 38.6 Å². The molecule has 0 amide bonds. The summed E-state index contributed by atoms with van der Waals surface area (Å²) in [6.07, 6.45) is 5.05. The maximum Gasteiger partial charge on any atom is 0.181 e. The Kier molecular flexibility index (Phi) is 4.02. The quantitative estimate of drug-likeness (QED) is 0.681. The van der Waals surface area contributed by atoms with Gasteiger partial charge in [0.1, 0.15) is 17.8 Å². The van der Waals surface area contributed by atoms with E-state index >= 15 is 0 Å². The molecule has 3 aromatic heterocycles. The third-order valence-corrected chi connectivity index (χ3v) is 4.24. The highest BCUT2D eigenvalue weighted by Crippen LogP contribution is 2.25. The zero-order valence-electron chi connectivity index (χ0n) is 14.0. The van der Waals surface area contributed by atoms with E-state index in [4.69, 9.17) is 5.73 Å². The normalized spacial score (nSPS) is 15.6. The van der Waals surface area contributed by atoms with Crippen molar-refractivity contribution in [1.29, 1.82) is 0 Å². The lowest BCUT2D eigenvalue weighted by molar-refractivity contribution is 0.244. The van der Waals surface area contributed by atoms with E-state index in [2.05, 4.69) is 40.0 Å². The van der Waals surface area contributed by atoms with Gasteiger partial charge in [-0.15, -0.1) is 0 Å². The van der Waals surface area contributed by atoms with Gasteiger partial charge in [-0.25, -0.2) is 19.6 Å². The summed E-state index contributed by atoms with van der Waals surface area (Å²) in [4.78, 5) is 17.5. The summed E-state index contributed by atoms with van der Waals surface area (Å²) >= 11 is 0. The van der Waals surface area contributed by atoms with E-state index in [0.29, 0.717) is 11.5 Å². The van der Waals surface area contributed by atoms with Gasteiger partial charge in [-0.3, -0.25) is 10.00 Å². The van der Waals surface area contributed by atoms with Gasteiger partial charge >= 0.3 is 0 Å². The Hall–Kier alpha value is -3.01. The van der Waals surface area contributed by atoms with Crippen LogP contribution in [-0.2, 0) is 6.54 Å². The fourth-order valence-corrected chi connectivity index (χ4v) is 2.98. The SMILES string of the molecule is Cc1nc(CN2CCN(c3ncnc(-n4cccn4)c3N)CC2)n[nH]1. The highest BCUT2D eigenvalue weighted by atomic mass is 15.3. The number of aryl methyl sites for hydroxylation is 1. The number of nitrogen functional groups attached to an aromatic ring is 1. The maximum absolute atomic E-state index is 6.30. The minimum absolute atomic E-state index is 0.546. The highest BCUT2D eigenvalue weighted by Gasteiger charge is 2.22. The van der Waals surface area contributed by atoms with Crippen LogP contribution in [0.1, 0.15) is 11.6 Å². The molecule has 0 unspecified atom stereocenters. The molecule has 130 valence electrons. The van der Waals surface area contributed by atoms with Crippen LogP contribution in [0, 0.1) is 6.92 Å². The van der Waals surface area contributed by atoms with E-state index in [9.17, 15) is 0 Å². The molecule has 1 aliphatic rings. The number of anilines is 2. The van der Waals surface area contributed by atoms with Crippen LogP contribution < -0.4 is 10.6 Å². The lowest BCUT2D eigenvalue weighted by atomic mass is 10.3. The largest absolute Gasteiger partial charge is 0.393 e. The molecule has 3 aromatic rings. The smallest absolute Gasteiger partial charge is 0.181 e. The first-order valence-electron chi connectivity index (χ1n) is 8.16. The number of nitrogens with one attached hydrogen (secondary N) is 1. The molecule has 0 spiro atoms. The Balaban J connectivity index is 1.45. The topological polar surface area (TPSA) is 118 Å². The second-order valence-electron chi connectivity index (χ2n) is 5.99. The van der Waals surface area contributed by atoms with Crippen molar-refractivity contribution in [2.24, 2.45) is 0 Å². The Morgan fingerprint density at radius 3 is 2.64 bits per heavy atom. The minimum Gasteiger partial charge on any atom is -0.393 e. The minimum atomic E-state index is 0.546. The number of nitrogens with two attached hydrogens (primary N) is 1. The molecule has 0 aliphatic carbocycles. The van der Waals surface area contributed by atoms with Crippen molar-refractivity contribution in [1.82, 2.24) is 39.8 Å². The van der Waals surface area contributed by atoms with Crippen LogP contribution >= 0.6 is 0 Å². The third kappa shape index (κ3) is 3.15. The van der Waals surface area contributed by atoms with Crippen molar-refractivity contribution in [3.8, 4) is 5.82 Å². The Morgan fingerprint density at radius 1 is 1.16 bits per heavy atom. The predicted molar refractivity (Wildman–Crippen MR) is 92.2 cm³/mol. The summed E-state index contributed by atoms with van der Waals surface area (Å²) in [6.45, 7) is 6.12. The van der Waals surface area contributed by atoms with Gasteiger partial charge in [-0.1, -0.05) is 0 Å². The van der Waals surface area contributed by atoms with Crippen LogP contribution in [0.25, 0.3) is 5.82 Å². The second kappa shape index (κ2) is 6.48. The molecule has 0 saturated carbocycles. The molecular weight excluding hydrogens is 320 g/mol. The van der Waals surface area contributed by atoms with Gasteiger partial charge in [-0.2, -0.15) is 10.2 Å². The van der Waals surface area contributed by atoms with Crippen LogP contribution in [0.2, 0.25) is 0 Å². The van der Waals surface area contributed by atoms with Gasteiger partial charge in [0.05, 0.1) is 6.54 Å². The number of H-pyrrole nitrogens is 1. The van der Waals surface area contributed by atoms with Gasteiger partial charge < -0.3 is 10.6 Å². The number of nitrogens with zero attached hydrogens (tertiary/aromatic N) is 8. The molecule has 10 nitrogen and oxygen atoms in total. The summed E-state index contributed by atoms with van der Waals surface area (Å²) in [5.41, 5.74) is 6.85. The highest BCUT2D eigenvalue weighted by molar-refractivity contribution is 5.70. The number of hydrogen-bond donors (Lipinski definition) is 2. The summed E-state index contributed by atoms with van der Waals surface area (Å²) in [6, 6.07) is 1.84. The van der Waals surface area contributed by atoms with Gasteiger partial charge in [0.15, 0.2) is 17.5 Å². The van der Waals surface area contributed by atoms with Crippen molar-refractivity contribution < 1.29 is 0 Å². The first-order valence-corrected chi connectivity index (χ1v) is 8.16. The van der Waals surface area contributed by atoms with Crippen molar-refractivity contribution in [3.63, 3.8) is 0 Å². The molecule has 1 aliphatic heterocycles. The monoisotopic (exact) mass is 340 g/mol. The first-order chi connectivity index (χ1) is 12.2. The number of hydrogen-bond acceptors (Lipinski definition) is 8. The average Bonchev–Trinajstić information content (AvgIpc) is 3.28. The average molecular weight is 340 g/mol. The Bertz CT molecular complexity index is 832. The van der Waals surface area contributed by atoms with Crippen molar-refractivity contribution in [2.45, 2.75) is 13.5 Å². The van der Waals surface area contributed by atoms with E-state index in [-0.39, 0.29) is 0 Å². The predicted octanol–water partition coefficient (Wildman–Crippen LogP) is -0.00678. The standard InChI is InChI=1S/C15H20N10/c1-11-20-12(22-21-11)9-23-5-7-24(8-6-23)14-13(16)15(18-10-17-14)25-4-2-3-19-25/h2-4,10H,5-9,16H2,1H3,(H,20,21,22). The van der Waals surface area contributed by atoms with Crippen LogP contribution in [0.3, 0.4) is 0 Å². The third-order valence-electron chi connectivity index (χ3n) is 4.24. The van der Waals surface area contributed by atoms with Gasteiger partial charge in [0.25, 0.3) is 0 Å². The summed E-state index contributed by atoms with van der Waals surface area (Å²) in [5, 5.41) is 11.3. The fourth-order valence-electron chi connectivity index (χ4n) is 2.98.